The van der Waals surface area contributed by atoms with Gasteiger partial charge in [-0.2, -0.15) is 0 Å². The molecule has 0 spiro atoms. The van der Waals surface area contributed by atoms with Crippen molar-refractivity contribution in [1.82, 2.24) is 4.90 Å². The second kappa shape index (κ2) is 8.54. The smallest absolute Gasteiger partial charge is 0.225 e. The van der Waals surface area contributed by atoms with Gasteiger partial charge in [0.15, 0.2) is 0 Å². The topological polar surface area (TPSA) is 63.4 Å². The molecule has 2 aromatic rings. The van der Waals surface area contributed by atoms with Gasteiger partial charge in [-0.3, -0.25) is 9.59 Å². The summed E-state index contributed by atoms with van der Waals surface area (Å²) in [6.07, 6.45) is 9.09. The van der Waals surface area contributed by atoms with Crippen molar-refractivity contribution >= 4 is 23.2 Å². The molecule has 5 heteroatoms. The van der Waals surface area contributed by atoms with Crippen molar-refractivity contribution in [2.24, 2.45) is 17.1 Å². The Kier molecular flexibility index (Phi) is 5.86. The van der Waals surface area contributed by atoms with Gasteiger partial charge in [0.2, 0.25) is 11.8 Å². The molecule has 0 saturated carbocycles. The van der Waals surface area contributed by atoms with Gasteiger partial charge in [-0.25, -0.2) is 0 Å². The standard InChI is InChI=1S/C24H28N2O2S/c25-23(28)24(16-19-8-3-9-20(14-19)21-10-4-13-29-21)11-5-12-26(17-24)22(27)15-18-6-1-2-7-18/h1,3-4,6,8-10,13-14,18H,2,5,7,11-12,15-17H2,(H2,25,28)/t18-,24+/m1/s1. The SMILES string of the molecule is NC(=O)[C@]1(Cc2cccc(-c3cccs3)c2)CCCN(C(=O)C[C@@H]2C=CCC2)C1. The maximum atomic E-state index is 12.9. The molecule has 2 amide bonds. The van der Waals surface area contributed by atoms with Crippen LogP contribution in [0, 0.1) is 11.3 Å². The van der Waals surface area contributed by atoms with Crippen molar-refractivity contribution in [1.29, 1.82) is 0 Å². The Labute approximate surface area is 176 Å². The van der Waals surface area contributed by atoms with Gasteiger partial charge >= 0.3 is 0 Å². The zero-order valence-corrected chi connectivity index (χ0v) is 17.5. The zero-order valence-electron chi connectivity index (χ0n) is 16.7. The molecule has 4 nitrogen and oxygen atoms in total. The van der Waals surface area contributed by atoms with Gasteiger partial charge in [0.25, 0.3) is 0 Å². The molecule has 1 aromatic carbocycles. The number of hydrogen-bond acceptors (Lipinski definition) is 3. The van der Waals surface area contributed by atoms with Crippen LogP contribution in [-0.2, 0) is 16.0 Å². The number of allylic oxidation sites excluding steroid dienone is 2. The highest BCUT2D eigenvalue weighted by Crippen LogP contribution is 2.36. The largest absolute Gasteiger partial charge is 0.369 e. The number of rotatable bonds is 6. The van der Waals surface area contributed by atoms with Gasteiger partial charge in [0.05, 0.1) is 5.41 Å². The first-order chi connectivity index (χ1) is 14.1. The molecule has 2 heterocycles. The summed E-state index contributed by atoms with van der Waals surface area (Å²) >= 11 is 1.71. The number of piperidine rings is 1. The Morgan fingerprint density at radius 2 is 2.14 bits per heavy atom. The summed E-state index contributed by atoms with van der Waals surface area (Å²) in [5.74, 6) is 0.200. The molecule has 29 heavy (non-hydrogen) atoms. The molecule has 1 aliphatic heterocycles. The third-order valence-electron chi connectivity index (χ3n) is 6.28. The van der Waals surface area contributed by atoms with E-state index >= 15 is 0 Å². The maximum absolute atomic E-state index is 12.9. The Hall–Kier alpha value is -2.40. The predicted molar refractivity (Wildman–Crippen MR) is 117 cm³/mol. The minimum atomic E-state index is -0.687. The van der Waals surface area contributed by atoms with E-state index in [4.69, 9.17) is 5.73 Å². The number of nitrogens with zero attached hydrogens (tertiary/aromatic N) is 1. The lowest BCUT2D eigenvalue weighted by atomic mass is 9.74. The average Bonchev–Trinajstić information content (AvgIpc) is 3.42. The van der Waals surface area contributed by atoms with E-state index in [1.165, 1.54) is 4.88 Å². The van der Waals surface area contributed by atoms with E-state index in [1.807, 2.05) is 17.0 Å². The van der Waals surface area contributed by atoms with E-state index in [1.54, 1.807) is 11.3 Å². The average molecular weight is 409 g/mol. The summed E-state index contributed by atoms with van der Waals surface area (Å²) < 4.78 is 0. The number of nitrogens with two attached hydrogens (primary N) is 1. The number of primary amides is 1. The van der Waals surface area contributed by atoms with E-state index in [0.717, 1.165) is 43.4 Å². The maximum Gasteiger partial charge on any atom is 0.225 e. The van der Waals surface area contributed by atoms with Crippen LogP contribution in [0.25, 0.3) is 10.4 Å². The highest BCUT2D eigenvalue weighted by atomic mass is 32.1. The summed E-state index contributed by atoms with van der Waals surface area (Å²) in [5.41, 5.74) is 7.50. The first kappa shape index (κ1) is 19.9. The number of thiophene rings is 1. The number of carbonyl (C=O) groups is 2. The third kappa shape index (κ3) is 4.45. The minimum absolute atomic E-state index is 0.152. The van der Waals surface area contributed by atoms with E-state index < -0.39 is 5.41 Å². The van der Waals surface area contributed by atoms with Gasteiger partial charge in [-0.15, -0.1) is 11.3 Å². The molecule has 0 radical (unpaired) electrons. The molecule has 0 bridgehead atoms. The first-order valence-corrected chi connectivity index (χ1v) is 11.3. The minimum Gasteiger partial charge on any atom is -0.369 e. The van der Waals surface area contributed by atoms with E-state index in [2.05, 4.69) is 41.8 Å². The van der Waals surface area contributed by atoms with Crippen molar-refractivity contribution < 1.29 is 9.59 Å². The molecule has 4 rings (SSSR count). The van der Waals surface area contributed by atoms with Gasteiger partial charge < -0.3 is 10.6 Å². The third-order valence-corrected chi connectivity index (χ3v) is 7.20. The lowest BCUT2D eigenvalue weighted by Gasteiger charge is -2.41. The second-order valence-corrected chi connectivity index (χ2v) is 9.34. The lowest BCUT2D eigenvalue weighted by molar-refractivity contribution is -0.140. The lowest BCUT2D eigenvalue weighted by Crippen LogP contribution is -2.53. The summed E-state index contributed by atoms with van der Waals surface area (Å²) in [6, 6.07) is 12.5. The van der Waals surface area contributed by atoms with Crippen molar-refractivity contribution in [2.75, 3.05) is 13.1 Å². The molecule has 152 valence electrons. The number of likely N-dealkylation sites (tertiary alicyclic amines) is 1. The Bertz CT molecular complexity index is 905. The number of amides is 2. The monoisotopic (exact) mass is 408 g/mol. The normalized spacial score (nSPS) is 24.0. The fourth-order valence-electron chi connectivity index (χ4n) is 4.66. The van der Waals surface area contributed by atoms with E-state index in [0.29, 0.717) is 25.3 Å². The molecule has 1 aliphatic carbocycles. The Morgan fingerprint density at radius 1 is 1.24 bits per heavy atom. The molecule has 2 atom stereocenters. The van der Waals surface area contributed by atoms with Gasteiger partial charge in [0.1, 0.15) is 0 Å². The van der Waals surface area contributed by atoms with Crippen LogP contribution in [0.5, 0.6) is 0 Å². The molecule has 1 saturated heterocycles. The van der Waals surface area contributed by atoms with Crippen LogP contribution in [0.1, 0.15) is 37.7 Å². The van der Waals surface area contributed by atoms with Gasteiger partial charge in [0, 0.05) is 24.4 Å². The molecular weight excluding hydrogens is 380 g/mol. The number of carbonyl (C=O) groups excluding carboxylic acids is 2. The molecule has 1 aromatic heterocycles. The highest BCUT2D eigenvalue weighted by molar-refractivity contribution is 7.13. The van der Waals surface area contributed by atoms with Crippen LogP contribution in [0.4, 0.5) is 0 Å². The molecule has 0 unspecified atom stereocenters. The van der Waals surface area contributed by atoms with Gasteiger partial charge in [-0.1, -0.05) is 42.5 Å². The van der Waals surface area contributed by atoms with Crippen LogP contribution < -0.4 is 5.73 Å². The second-order valence-electron chi connectivity index (χ2n) is 8.39. The highest BCUT2D eigenvalue weighted by Gasteiger charge is 2.42. The van der Waals surface area contributed by atoms with Crippen LogP contribution in [-0.4, -0.2) is 29.8 Å². The van der Waals surface area contributed by atoms with Crippen LogP contribution in [0.2, 0.25) is 0 Å². The summed E-state index contributed by atoms with van der Waals surface area (Å²) in [6.45, 7) is 1.15. The van der Waals surface area contributed by atoms with Crippen molar-refractivity contribution in [3.63, 3.8) is 0 Å². The molecule has 1 fully saturated rings. The van der Waals surface area contributed by atoms with Gasteiger partial charge in [-0.05, 0) is 60.6 Å². The van der Waals surface area contributed by atoms with Crippen LogP contribution in [0.3, 0.4) is 0 Å². The van der Waals surface area contributed by atoms with E-state index in [-0.39, 0.29) is 11.8 Å². The quantitative estimate of drug-likeness (QED) is 0.720. The first-order valence-electron chi connectivity index (χ1n) is 10.4. The molecular formula is C24H28N2O2S. The summed E-state index contributed by atoms with van der Waals surface area (Å²) in [4.78, 5) is 28.5. The van der Waals surface area contributed by atoms with Crippen molar-refractivity contribution in [3.8, 4) is 10.4 Å². The van der Waals surface area contributed by atoms with Crippen molar-refractivity contribution in [2.45, 2.75) is 38.5 Å². The predicted octanol–water partition coefficient (Wildman–Crippen LogP) is 4.41. The zero-order chi connectivity index (χ0) is 20.3. The number of hydrogen-bond donors (Lipinski definition) is 1. The molecule has 2 aliphatic rings. The fourth-order valence-corrected chi connectivity index (χ4v) is 5.39. The Balaban J connectivity index is 1.51. The van der Waals surface area contributed by atoms with Crippen LogP contribution in [0.15, 0.2) is 53.9 Å². The number of benzene rings is 1. The fraction of sp³-hybridized carbons (Fsp3) is 0.417. The molecule has 2 N–H and O–H groups in total. The summed E-state index contributed by atoms with van der Waals surface area (Å²) in [5, 5.41) is 2.07. The van der Waals surface area contributed by atoms with Crippen LogP contribution >= 0.6 is 11.3 Å². The van der Waals surface area contributed by atoms with E-state index in [9.17, 15) is 9.59 Å². The summed E-state index contributed by atoms with van der Waals surface area (Å²) in [7, 11) is 0. The van der Waals surface area contributed by atoms with Crippen molar-refractivity contribution in [3.05, 3.63) is 59.5 Å². The Morgan fingerprint density at radius 3 is 2.86 bits per heavy atom.